The standard InChI is InChI=1S/C22H27NO2/c1-17(14-15-18-8-3-2-4-9-18)23-22(24)16-25-21-13-7-11-19-10-5-6-12-20(19)21/h2-4,7-9,11,13,17H,5-6,10,12,14-16H2,1H3,(H,23,24). The van der Waals surface area contributed by atoms with Crippen molar-refractivity contribution in [2.75, 3.05) is 6.61 Å². The zero-order valence-corrected chi connectivity index (χ0v) is 15.0. The van der Waals surface area contributed by atoms with E-state index in [1.807, 2.05) is 37.3 Å². The average Bonchev–Trinajstić information content (AvgIpc) is 2.65. The zero-order valence-electron chi connectivity index (χ0n) is 15.0. The fourth-order valence-corrected chi connectivity index (χ4v) is 3.44. The van der Waals surface area contributed by atoms with Crippen molar-refractivity contribution in [3.8, 4) is 5.75 Å². The molecule has 2 aromatic carbocycles. The molecule has 1 atom stereocenters. The van der Waals surface area contributed by atoms with Crippen LogP contribution in [0.5, 0.6) is 5.75 Å². The van der Waals surface area contributed by atoms with Crippen molar-refractivity contribution in [2.24, 2.45) is 0 Å². The molecule has 0 bridgehead atoms. The Balaban J connectivity index is 1.45. The van der Waals surface area contributed by atoms with E-state index < -0.39 is 0 Å². The summed E-state index contributed by atoms with van der Waals surface area (Å²) in [4.78, 5) is 12.2. The molecule has 0 heterocycles. The molecule has 25 heavy (non-hydrogen) atoms. The molecule has 1 amide bonds. The molecule has 3 rings (SSSR count). The molecule has 1 aliphatic carbocycles. The van der Waals surface area contributed by atoms with E-state index in [1.165, 1.54) is 29.5 Å². The summed E-state index contributed by atoms with van der Waals surface area (Å²) in [5, 5.41) is 3.04. The van der Waals surface area contributed by atoms with Gasteiger partial charge >= 0.3 is 0 Å². The number of hydrogen-bond donors (Lipinski definition) is 1. The summed E-state index contributed by atoms with van der Waals surface area (Å²) in [5.41, 5.74) is 3.97. The van der Waals surface area contributed by atoms with E-state index in [2.05, 4.69) is 23.5 Å². The van der Waals surface area contributed by atoms with Crippen LogP contribution in [0.2, 0.25) is 0 Å². The Morgan fingerprint density at radius 1 is 1.08 bits per heavy atom. The molecule has 0 radical (unpaired) electrons. The van der Waals surface area contributed by atoms with Crippen LogP contribution in [0, 0.1) is 0 Å². The highest BCUT2D eigenvalue weighted by atomic mass is 16.5. The van der Waals surface area contributed by atoms with Crippen molar-refractivity contribution >= 4 is 5.91 Å². The number of amides is 1. The lowest BCUT2D eigenvalue weighted by atomic mass is 9.91. The SMILES string of the molecule is CC(CCc1ccccc1)NC(=O)COc1cccc2c1CCCC2. The van der Waals surface area contributed by atoms with Gasteiger partial charge in [-0.1, -0.05) is 42.5 Å². The van der Waals surface area contributed by atoms with Crippen LogP contribution in [0.15, 0.2) is 48.5 Å². The minimum atomic E-state index is -0.0472. The summed E-state index contributed by atoms with van der Waals surface area (Å²) in [6.07, 6.45) is 6.52. The number of benzene rings is 2. The number of carbonyl (C=O) groups excluding carboxylic acids is 1. The molecule has 1 N–H and O–H groups in total. The highest BCUT2D eigenvalue weighted by Gasteiger charge is 2.15. The molecule has 3 nitrogen and oxygen atoms in total. The lowest BCUT2D eigenvalue weighted by molar-refractivity contribution is -0.123. The van der Waals surface area contributed by atoms with Crippen molar-refractivity contribution in [3.63, 3.8) is 0 Å². The molecule has 0 spiro atoms. The molecule has 0 aliphatic heterocycles. The number of nitrogens with one attached hydrogen (secondary N) is 1. The molecule has 0 saturated heterocycles. The van der Waals surface area contributed by atoms with Crippen molar-refractivity contribution in [1.82, 2.24) is 5.32 Å². The van der Waals surface area contributed by atoms with E-state index in [9.17, 15) is 4.79 Å². The number of carbonyl (C=O) groups is 1. The van der Waals surface area contributed by atoms with Crippen LogP contribution in [0.3, 0.4) is 0 Å². The summed E-state index contributed by atoms with van der Waals surface area (Å²) in [7, 11) is 0. The Bertz CT molecular complexity index is 696. The fraction of sp³-hybridized carbons (Fsp3) is 0.409. The average molecular weight is 337 g/mol. The third-order valence-corrected chi connectivity index (χ3v) is 4.83. The van der Waals surface area contributed by atoms with Crippen LogP contribution in [0.1, 0.15) is 42.9 Å². The van der Waals surface area contributed by atoms with Gasteiger partial charge in [-0.2, -0.15) is 0 Å². The van der Waals surface area contributed by atoms with Crippen LogP contribution in [0.4, 0.5) is 0 Å². The van der Waals surface area contributed by atoms with Crippen molar-refractivity contribution in [2.45, 2.75) is 51.5 Å². The third kappa shape index (κ3) is 5.09. The van der Waals surface area contributed by atoms with Gasteiger partial charge < -0.3 is 10.1 Å². The second-order valence-electron chi connectivity index (χ2n) is 6.88. The van der Waals surface area contributed by atoms with Gasteiger partial charge in [0.1, 0.15) is 5.75 Å². The van der Waals surface area contributed by atoms with Crippen molar-refractivity contribution in [3.05, 3.63) is 65.2 Å². The van der Waals surface area contributed by atoms with Crippen LogP contribution in [0.25, 0.3) is 0 Å². The molecule has 0 aromatic heterocycles. The highest BCUT2D eigenvalue weighted by molar-refractivity contribution is 5.77. The maximum atomic E-state index is 12.2. The van der Waals surface area contributed by atoms with Gasteiger partial charge in [0.25, 0.3) is 5.91 Å². The minimum Gasteiger partial charge on any atom is -0.483 e. The van der Waals surface area contributed by atoms with Crippen LogP contribution in [-0.4, -0.2) is 18.6 Å². The van der Waals surface area contributed by atoms with E-state index in [1.54, 1.807) is 0 Å². The first-order valence-electron chi connectivity index (χ1n) is 9.29. The lowest BCUT2D eigenvalue weighted by Crippen LogP contribution is -2.36. The molecule has 0 saturated carbocycles. The first-order chi connectivity index (χ1) is 12.2. The summed E-state index contributed by atoms with van der Waals surface area (Å²) in [6, 6.07) is 16.7. The largest absolute Gasteiger partial charge is 0.483 e. The first-order valence-corrected chi connectivity index (χ1v) is 9.29. The van der Waals surface area contributed by atoms with Crippen LogP contribution in [-0.2, 0) is 24.1 Å². The number of ether oxygens (including phenoxy) is 1. The summed E-state index contributed by atoms with van der Waals surface area (Å²) in [5.74, 6) is 0.832. The van der Waals surface area contributed by atoms with Gasteiger partial charge in [-0.15, -0.1) is 0 Å². The molecule has 132 valence electrons. The van der Waals surface area contributed by atoms with Crippen molar-refractivity contribution < 1.29 is 9.53 Å². The van der Waals surface area contributed by atoms with Gasteiger partial charge in [0.15, 0.2) is 6.61 Å². The minimum absolute atomic E-state index is 0.0472. The Morgan fingerprint density at radius 3 is 2.72 bits per heavy atom. The summed E-state index contributed by atoms with van der Waals surface area (Å²) in [6.45, 7) is 2.14. The molecule has 2 aromatic rings. The second-order valence-corrected chi connectivity index (χ2v) is 6.88. The molecule has 0 fully saturated rings. The van der Waals surface area contributed by atoms with E-state index >= 15 is 0 Å². The molecule has 1 unspecified atom stereocenters. The van der Waals surface area contributed by atoms with Gasteiger partial charge in [-0.05, 0) is 68.2 Å². The normalized spacial score (nSPS) is 14.4. The Hall–Kier alpha value is -2.29. The lowest BCUT2D eigenvalue weighted by Gasteiger charge is -2.20. The number of aryl methyl sites for hydroxylation is 2. The van der Waals surface area contributed by atoms with Crippen LogP contribution >= 0.6 is 0 Å². The quantitative estimate of drug-likeness (QED) is 0.827. The van der Waals surface area contributed by atoms with Gasteiger partial charge in [0.2, 0.25) is 0 Å². The smallest absolute Gasteiger partial charge is 0.258 e. The monoisotopic (exact) mass is 337 g/mol. The Kier molecular flexibility index (Phi) is 6.10. The van der Waals surface area contributed by atoms with Crippen molar-refractivity contribution in [1.29, 1.82) is 0 Å². The third-order valence-electron chi connectivity index (χ3n) is 4.83. The van der Waals surface area contributed by atoms with Crippen LogP contribution < -0.4 is 10.1 Å². The van der Waals surface area contributed by atoms with Gasteiger partial charge in [0, 0.05) is 6.04 Å². The Morgan fingerprint density at radius 2 is 1.88 bits per heavy atom. The molecule has 3 heteroatoms. The maximum Gasteiger partial charge on any atom is 0.258 e. The second kappa shape index (κ2) is 8.70. The highest BCUT2D eigenvalue weighted by Crippen LogP contribution is 2.29. The van der Waals surface area contributed by atoms with E-state index in [-0.39, 0.29) is 18.6 Å². The maximum absolute atomic E-state index is 12.2. The summed E-state index contributed by atoms with van der Waals surface area (Å²) >= 11 is 0. The fourth-order valence-electron chi connectivity index (χ4n) is 3.44. The predicted molar refractivity (Wildman–Crippen MR) is 101 cm³/mol. The molecular formula is C22H27NO2. The molecular weight excluding hydrogens is 310 g/mol. The van der Waals surface area contributed by atoms with Gasteiger partial charge in [0.05, 0.1) is 0 Å². The first kappa shape index (κ1) is 17.5. The number of fused-ring (bicyclic) bond motifs is 1. The van der Waals surface area contributed by atoms with E-state index in [0.29, 0.717) is 0 Å². The predicted octanol–water partition coefficient (Wildman–Crippen LogP) is 4.08. The Labute approximate surface area is 150 Å². The zero-order chi connectivity index (χ0) is 17.5. The summed E-state index contributed by atoms with van der Waals surface area (Å²) < 4.78 is 5.82. The number of rotatable bonds is 7. The van der Waals surface area contributed by atoms with E-state index in [0.717, 1.165) is 31.4 Å². The molecule has 1 aliphatic rings. The van der Waals surface area contributed by atoms with E-state index in [4.69, 9.17) is 4.74 Å². The van der Waals surface area contributed by atoms with Gasteiger partial charge in [-0.3, -0.25) is 4.79 Å². The topological polar surface area (TPSA) is 38.3 Å². The number of hydrogen-bond acceptors (Lipinski definition) is 2. The van der Waals surface area contributed by atoms with Gasteiger partial charge in [-0.25, -0.2) is 0 Å².